The second kappa shape index (κ2) is 6.89. The number of ether oxygens (including phenoxy) is 1. The molecule has 1 atom stereocenters. The lowest BCUT2D eigenvalue weighted by atomic mass is 9.99. The van der Waals surface area contributed by atoms with Crippen molar-refractivity contribution in [3.8, 4) is 28.1 Å². The molecule has 24 heavy (non-hydrogen) atoms. The predicted octanol–water partition coefficient (Wildman–Crippen LogP) is 4.72. The van der Waals surface area contributed by atoms with Crippen LogP contribution in [0.4, 0.5) is 0 Å². The van der Waals surface area contributed by atoms with Gasteiger partial charge in [-0.3, -0.25) is 0 Å². The topological polar surface area (TPSA) is 58.3 Å². The van der Waals surface area contributed by atoms with Crippen molar-refractivity contribution < 1.29 is 13.8 Å². The van der Waals surface area contributed by atoms with Crippen LogP contribution in [0.15, 0.2) is 51.9 Å². The van der Waals surface area contributed by atoms with Crippen molar-refractivity contribution in [3.05, 3.63) is 53.2 Å². The molecule has 1 aromatic heterocycles. The molecule has 6 heteroatoms. The van der Waals surface area contributed by atoms with Crippen LogP contribution < -0.4 is 4.74 Å². The Hall–Kier alpha value is -1.95. The van der Waals surface area contributed by atoms with Crippen LogP contribution in [-0.2, 0) is 11.2 Å². The number of methoxy groups -OCH3 is 1. The highest BCUT2D eigenvalue weighted by Gasteiger charge is 2.18. The summed E-state index contributed by atoms with van der Waals surface area (Å²) in [7, 11) is 1.58. The van der Waals surface area contributed by atoms with Crippen LogP contribution >= 0.6 is 11.6 Å². The van der Waals surface area contributed by atoms with Crippen LogP contribution in [0.5, 0.6) is 5.75 Å². The zero-order valence-corrected chi connectivity index (χ0v) is 15.1. The highest BCUT2D eigenvalue weighted by atomic mass is 35.5. The molecule has 1 unspecified atom stereocenters. The number of halogens is 1. The summed E-state index contributed by atoms with van der Waals surface area (Å²) in [5, 5.41) is 4.69. The molecule has 0 N–H and O–H groups in total. The summed E-state index contributed by atoms with van der Waals surface area (Å²) < 4.78 is 22.1. The SMILES string of the molecule is COc1ccc(-c2noc(C)c2-c2ccc([S+](C)[O-])cc2)cc1Cl. The number of hydrogen-bond acceptors (Lipinski definition) is 4. The molecule has 3 rings (SSSR count). The third-order valence-corrected chi connectivity index (χ3v) is 4.99. The molecule has 4 nitrogen and oxygen atoms in total. The quantitative estimate of drug-likeness (QED) is 0.631. The predicted molar refractivity (Wildman–Crippen MR) is 96.0 cm³/mol. The molecular formula is C18H16ClNO3S. The van der Waals surface area contributed by atoms with Crippen LogP contribution in [0.3, 0.4) is 0 Å². The normalized spacial score (nSPS) is 12.2. The van der Waals surface area contributed by atoms with E-state index in [1.54, 1.807) is 25.5 Å². The van der Waals surface area contributed by atoms with Gasteiger partial charge in [0, 0.05) is 5.56 Å². The van der Waals surface area contributed by atoms with Gasteiger partial charge >= 0.3 is 0 Å². The Labute approximate surface area is 148 Å². The van der Waals surface area contributed by atoms with Gasteiger partial charge in [0.25, 0.3) is 0 Å². The van der Waals surface area contributed by atoms with Gasteiger partial charge in [-0.1, -0.05) is 16.8 Å². The van der Waals surface area contributed by atoms with Crippen LogP contribution in [0.25, 0.3) is 22.4 Å². The summed E-state index contributed by atoms with van der Waals surface area (Å²) in [6.45, 7) is 1.86. The molecular weight excluding hydrogens is 346 g/mol. The lowest BCUT2D eigenvalue weighted by molar-refractivity contribution is 0.400. The molecule has 0 bridgehead atoms. The van der Waals surface area contributed by atoms with E-state index in [1.807, 2.05) is 37.3 Å². The highest BCUT2D eigenvalue weighted by molar-refractivity contribution is 7.90. The van der Waals surface area contributed by atoms with Crippen molar-refractivity contribution in [1.82, 2.24) is 5.16 Å². The van der Waals surface area contributed by atoms with Gasteiger partial charge in [0.1, 0.15) is 23.5 Å². The van der Waals surface area contributed by atoms with Crippen molar-refractivity contribution in [1.29, 1.82) is 0 Å². The van der Waals surface area contributed by atoms with Gasteiger partial charge in [-0.25, -0.2) is 0 Å². The van der Waals surface area contributed by atoms with Crippen LogP contribution in [-0.4, -0.2) is 23.1 Å². The zero-order chi connectivity index (χ0) is 17.3. The minimum Gasteiger partial charge on any atom is -0.612 e. The summed E-state index contributed by atoms with van der Waals surface area (Å²) in [6, 6.07) is 13.0. The Kier molecular flexibility index (Phi) is 4.85. The number of hydrogen-bond donors (Lipinski definition) is 0. The molecule has 2 aromatic carbocycles. The second-order valence-corrected chi connectivity index (χ2v) is 7.08. The van der Waals surface area contributed by atoms with Gasteiger partial charge in [-0.05, 0) is 66.1 Å². The van der Waals surface area contributed by atoms with Crippen molar-refractivity contribution >= 4 is 22.8 Å². The van der Waals surface area contributed by atoms with Gasteiger partial charge in [-0.15, -0.1) is 0 Å². The number of aryl methyl sites for hydroxylation is 1. The monoisotopic (exact) mass is 361 g/mol. The number of benzene rings is 2. The molecule has 0 aliphatic carbocycles. The molecule has 0 radical (unpaired) electrons. The zero-order valence-electron chi connectivity index (χ0n) is 13.5. The highest BCUT2D eigenvalue weighted by Crippen LogP contribution is 2.37. The third-order valence-electron chi connectivity index (χ3n) is 3.76. The van der Waals surface area contributed by atoms with Gasteiger partial charge in [0.05, 0.1) is 17.7 Å². The first-order chi connectivity index (χ1) is 11.5. The van der Waals surface area contributed by atoms with Crippen molar-refractivity contribution in [2.45, 2.75) is 11.8 Å². The molecule has 0 amide bonds. The largest absolute Gasteiger partial charge is 0.612 e. The van der Waals surface area contributed by atoms with Crippen molar-refractivity contribution in [2.24, 2.45) is 0 Å². The Balaban J connectivity index is 2.07. The maximum atomic E-state index is 11.6. The summed E-state index contributed by atoms with van der Waals surface area (Å²) in [5.74, 6) is 1.32. The lowest BCUT2D eigenvalue weighted by Crippen LogP contribution is -1.96. The Bertz CT molecular complexity index is 859. The molecule has 0 spiro atoms. The molecule has 0 aliphatic rings. The summed E-state index contributed by atoms with van der Waals surface area (Å²) in [4.78, 5) is 0.780. The first-order valence-electron chi connectivity index (χ1n) is 7.25. The standard InChI is InChI=1S/C18H16ClNO3S/c1-11-17(12-4-7-14(8-5-12)24(3)21)18(20-23-11)13-6-9-16(22-2)15(19)10-13/h4-10H,1-3H3. The molecule has 1 heterocycles. The Morgan fingerprint density at radius 3 is 2.38 bits per heavy atom. The summed E-state index contributed by atoms with van der Waals surface area (Å²) in [6.07, 6.45) is 1.66. The number of aromatic nitrogens is 1. The van der Waals surface area contributed by atoms with E-state index in [4.69, 9.17) is 20.9 Å². The first-order valence-corrected chi connectivity index (χ1v) is 9.19. The average molecular weight is 362 g/mol. The first kappa shape index (κ1) is 16.9. The molecule has 0 saturated heterocycles. The minimum atomic E-state index is -1.01. The summed E-state index contributed by atoms with van der Waals surface area (Å²) >= 11 is 5.22. The third kappa shape index (κ3) is 3.15. The number of nitrogens with zero attached hydrogens (tertiary/aromatic N) is 1. The van der Waals surface area contributed by atoms with E-state index in [-0.39, 0.29) is 0 Å². The van der Waals surface area contributed by atoms with Crippen molar-refractivity contribution in [2.75, 3.05) is 13.4 Å². The molecule has 3 aromatic rings. The van der Waals surface area contributed by atoms with E-state index >= 15 is 0 Å². The fourth-order valence-electron chi connectivity index (χ4n) is 2.54. The maximum absolute atomic E-state index is 11.6. The fourth-order valence-corrected chi connectivity index (χ4v) is 3.31. The molecule has 0 saturated carbocycles. The smallest absolute Gasteiger partial charge is 0.152 e. The fraction of sp³-hybridized carbons (Fsp3) is 0.167. The number of rotatable bonds is 4. The van der Waals surface area contributed by atoms with Gasteiger partial charge < -0.3 is 13.8 Å². The molecule has 0 aliphatic heterocycles. The van der Waals surface area contributed by atoms with Crippen LogP contribution in [0.1, 0.15) is 5.76 Å². The van der Waals surface area contributed by atoms with Gasteiger partial charge in [0.2, 0.25) is 0 Å². The second-order valence-electron chi connectivity index (χ2n) is 5.29. The van der Waals surface area contributed by atoms with Crippen LogP contribution in [0, 0.1) is 6.92 Å². The van der Waals surface area contributed by atoms with E-state index in [2.05, 4.69) is 5.16 Å². The van der Waals surface area contributed by atoms with Gasteiger partial charge in [0.15, 0.2) is 4.90 Å². The van der Waals surface area contributed by atoms with Crippen LogP contribution in [0.2, 0.25) is 5.02 Å². The Morgan fingerprint density at radius 2 is 1.79 bits per heavy atom. The summed E-state index contributed by atoms with van der Waals surface area (Å²) in [5.41, 5.74) is 3.40. The van der Waals surface area contributed by atoms with E-state index in [1.165, 1.54) is 0 Å². The van der Waals surface area contributed by atoms with Crippen molar-refractivity contribution in [3.63, 3.8) is 0 Å². The molecule has 0 fully saturated rings. The minimum absolute atomic E-state index is 0.512. The average Bonchev–Trinajstić information content (AvgIpc) is 2.96. The van der Waals surface area contributed by atoms with E-state index < -0.39 is 11.2 Å². The Morgan fingerprint density at radius 1 is 1.12 bits per heavy atom. The van der Waals surface area contributed by atoms with E-state index in [0.29, 0.717) is 22.2 Å². The van der Waals surface area contributed by atoms with Gasteiger partial charge in [-0.2, -0.15) is 0 Å². The maximum Gasteiger partial charge on any atom is 0.152 e. The van der Waals surface area contributed by atoms with E-state index in [0.717, 1.165) is 21.6 Å². The lowest BCUT2D eigenvalue weighted by Gasteiger charge is -2.08. The van der Waals surface area contributed by atoms with E-state index in [9.17, 15) is 4.55 Å². The molecule has 124 valence electrons.